The van der Waals surface area contributed by atoms with Gasteiger partial charge in [-0.05, 0) is 31.5 Å². The summed E-state index contributed by atoms with van der Waals surface area (Å²) in [6, 6.07) is 3.86. The lowest BCUT2D eigenvalue weighted by molar-refractivity contribution is -0.125. The number of aromatic nitrogens is 1. The molecule has 1 aromatic heterocycles. The van der Waals surface area contributed by atoms with E-state index < -0.39 is 0 Å². The maximum absolute atomic E-state index is 11.6. The lowest BCUT2D eigenvalue weighted by atomic mass is 10.1. The SMILES string of the molecule is CC(NC(=O)[C@H]1CCN1)c1cccnc1.Cl. The summed E-state index contributed by atoms with van der Waals surface area (Å²) in [5.74, 6) is 0.0811. The highest BCUT2D eigenvalue weighted by molar-refractivity contribution is 5.85. The summed E-state index contributed by atoms with van der Waals surface area (Å²) in [6.45, 7) is 2.91. The number of rotatable bonds is 3. The van der Waals surface area contributed by atoms with Crippen LogP contribution in [0.2, 0.25) is 0 Å². The molecule has 1 aromatic rings. The molecule has 2 atom stereocenters. The van der Waals surface area contributed by atoms with Crippen LogP contribution in [0.15, 0.2) is 24.5 Å². The van der Waals surface area contributed by atoms with E-state index in [0.717, 1.165) is 18.5 Å². The number of carbonyl (C=O) groups is 1. The van der Waals surface area contributed by atoms with Crippen LogP contribution in [0.1, 0.15) is 24.9 Å². The second kappa shape index (κ2) is 5.82. The zero-order chi connectivity index (χ0) is 10.7. The van der Waals surface area contributed by atoms with Gasteiger partial charge in [0.15, 0.2) is 0 Å². The van der Waals surface area contributed by atoms with Crippen LogP contribution in [0, 0.1) is 0 Å². The van der Waals surface area contributed by atoms with Crippen molar-refractivity contribution >= 4 is 18.3 Å². The molecular formula is C11H16ClN3O. The van der Waals surface area contributed by atoms with Crippen LogP contribution >= 0.6 is 12.4 Å². The molecule has 1 fully saturated rings. The van der Waals surface area contributed by atoms with Crippen molar-refractivity contribution in [3.05, 3.63) is 30.1 Å². The predicted octanol–water partition coefficient (Wildman–Crippen LogP) is 1.04. The van der Waals surface area contributed by atoms with Gasteiger partial charge in [0.25, 0.3) is 0 Å². The van der Waals surface area contributed by atoms with Gasteiger partial charge < -0.3 is 10.6 Å². The van der Waals surface area contributed by atoms with E-state index in [1.54, 1.807) is 12.4 Å². The Balaban J connectivity index is 0.00000128. The Hall–Kier alpha value is -1.13. The number of pyridine rings is 1. The molecule has 1 unspecified atom stereocenters. The van der Waals surface area contributed by atoms with Crippen LogP contribution in [0.3, 0.4) is 0 Å². The first-order valence-corrected chi connectivity index (χ1v) is 5.21. The molecule has 2 N–H and O–H groups in total. The Morgan fingerprint density at radius 3 is 2.94 bits per heavy atom. The Morgan fingerprint density at radius 1 is 1.69 bits per heavy atom. The standard InChI is InChI=1S/C11H15N3O.ClH/c1-8(9-3-2-5-12-7-9)14-11(15)10-4-6-13-10;/h2-3,5,7-8,10,13H,4,6H2,1H3,(H,14,15);1H/t8?,10-;/m1./s1. The number of hydrogen-bond donors (Lipinski definition) is 2. The minimum absolute atomic E-state index is 0. The zero-order valence-corrected chi connectivity index (χ0v) is 9.96. The normalized spacial score (nSPS) is 20.2. The van der Waals surface area contributed by atoms with E-state index in [-0.39, 0.29) is 30.4 Å². The molecule has 16 heavy (non-hydrogen) atoms. The molecule has 88 valence electrons. The molecule has 1 aliphatic rings. The Morgan fingerprint density at radius 2 is 2.44 bits per heavy atom. The molecule has 4 nitrogen and oxygen atoms in total. The van der Waals surface area contributed by atoms with E-state index in [1.165, 1.54) is 0 Å². The molecule has 0 bridgehead atoms. The molecule has 2 heterocycles. The highest BCUT2D eigenvalue weighted by Gasteiger charge is 2.25. The molecule has 0 radical (unpaired) electrons. The predicted molar refractivity (Wildman–Crippen MR) is 64.5 cm³/mol. The monoisotopic (exact) mass is 241 g/mol. The minimum Gasteiger partial charge on any atom is -0.348 e. The molecule has 2 rings (SSSR count). The third-order valence-electron chi connectivity index (χ3n) is 2.68. The average molecular weight is 242 g/mol. The Kier molecular flexibility index (Phi) is 4.71. The van der Waals surface area contributed by atoms with E-state index in [1.807, 2.05) is 19.1 Å². The van der Waals surface area contributed by atoms with Gasteiger partial charge in [-0.25, -0.2) is 0 Å². The number of carbonyl (C=O) groups excluding carboxylic acids is 1. The Bertz CT molecular complexity index is 340. The maximum Gasteiger partial charge on any atom is 0.237 e. The number of amides is 1. The van der Waals surface area contributed by atoms with E-state index in [0.29, 0.717) is 0 Å². The lowest BCUT2D eigenvalue weighted by Gasteiger charge is -2.27. The van der Waals surface area contributed by atoms with E-state index in [9.17, 15) is 4.79 Å². The topological polar surface area (TPSA) is 54.0 Å². The fourth-order valence-corrected chi connectivity index (χ4v) is 1.54. The number of halogens is 1. The molecule has 5 heteroatoms. The molecule has 0 aromatic carbocycles. The fraction of sp³-hybridized carbons (Fsp3) is 0.455. The van der Waals surface area contributed by atoms with Crippen LogP contribution in [-0.4, -0.2) is 23.5 Å². The van der Waals surface area contributed by atoms with Gasteiger partial charge >= 0.3 is 0 Å². The van der Waals surface area contributed by atoms with Crippen molar-refractivity contribution in [2.45, 2.75) is 25.4 Å². The zero-order valence-electron chi connectivity index (χ0n) is 9.14. The summed E-state index contributed by atoms with van der Waals surface area (Å²) >= 11 is 0. The van der Waals surface area contributed by atoms with Crippen LogP contribution in [0.4, 0.5) is 0 Å². The van der Waals surface area contributed by atoms with Gasteiger partial charge in [0.1, 0.15) is 0 Å². The van der Waals surface area contributed by atoms with E-state index in [4.69, 9.17) is 0 Å². The van der Waals surface area contributed by atoms with Crippen molar-refractivity contribution in [3.63, 3.8) is 0 Å². The molecule has 0 spiro atoms. The maximum atomic E-state index is 11.6. The lowest BCUT2D eigenvalue weighted by Crippen LogP contribution is -2.53. The number of nitrogens with zero attached hydrogens (tertiary/aromatic N) is 1. The van der Waals surface area contributed by atoms with Gasteiger partial charge in [-0.1, -0.05) is 6.07 Å². The molecule has 0 aliphatic carbocycles. The van der Waals surface area contributed by atoms with Gasteiger partial charge in [-0.2, -0.15) is 0 Å². The first-order chi connectivity index (χ1) is 7.27. The highest BCUT2D eigenvalue weighted by atomic mass is 35.5. The van der Waals surface area contributed by atoms with Crippen LogP contribution < -0.4 is 10.6 Å². The highest BCUT2D eigenvalue weighted by Crippen LogP contribution is 2.11. The second-order valence-corrected chi connectivity index (χ2v) is 3.81. The van der Waals surface area contributed by atoms with Crippen LogP contribution in [-0.2, 0) is 4.79 Å². The minimum atomic E-state index is 0. The van der Waals surface area contributed by atoms with E-state index in [2.05, 4.69) is 15.6 Å². The van der Waals surface area contributed by atoms with Gasteiger partial charge in [-0.3, -0.25) is 9.78 Å². The average Bonchev–Trinajstić information content (AvgIpc) is 2.16. The van der Waals surface area contributed by atoms with Crippen molar-refractivity contribution in [2.75, 3.05) is 6.54 Å². The van der Waals surface area contributed by atoms with Crippen molar-refractivity contribution < 1.29 is 4.79 Å². The summed E-state index contributed by atoms with van der Waals surface area (Å²) in [5, 5.41) is 6.03. The van der Waals surface area contributed by atoms with Gasteiger partial charge in [-0.15, -0.1) is 12.4 Å². The first kappa shape index (κ1) is 12.9. The molecule has 0 saturated carbocycles. The van der Waals surface area contributed by atoms with Gasteiger partial charge in [0.05, 0.1) is 12.1 Å². The second-order valence-electron chi connectivity index (χ2n) is 3.81. The summed E-state index contributed by atoms with van der Waals surface area (Å²) in [4.78, 5) is 15.6. The summed E-state index contributed by atoms with van der Waals surface area (Å²) in [7, 11) is 0. The number of hydrogen-bond acceptors (Lipinski definition) is 3. The van der Waals surface area contributed by atoms with Crippen molar-refractivity contribution in [1.82, 2.24) is 15.6 Å². The van der Waals surface area contributed by atoms with E-state index >= 15 is 0 Å². The molecule has 1 amide bonds. The summed E-state index contributed by atoms with van der Waals surface area (Å²) < 4.78 is 0. The third kappa shape index (κ3) is 2.93. The summed E-state index contributed by atoms with van der Waals surface area (Å²) in [6.07, 6.45) is 4.44. The van der Waals surface area contributed by atoms with Gasteiger partial charge in [0.2, 0.25) is 5.91 Å². The number of nitrogens with one attached hydrogen (secondary N) is 2. The van der Waals surface area contributed by atoms with Crippen molar-refractivity contribution in [2.24, 2.45) is 0 Å². The summed E-state index contributed by atoms with van der Waals surface area (Å²) in [5.41, 5.74) is 1.03. The Labute approximate surface area is 101 Å². The third-order valence-corrected chi connectivity index (χ3v) is 2.68. The van der Waals surface area contributed by atoms with Crippen LogP contribution in [0.25, 0.3) is 0 Å². The quantitative estimate of drug-likeness (QED) is 0.832. The van der Waals surface area contributed by atoms with Crippen molar-refractivity contribution in [1.29, 1.82) is 0 Å². The molecule has 1 aliphatic heterocycles. The first-order valence-electron chi connectivity index (χ1n) is 5.21. The largest absolute Gasteiger partial charge is 0.348 e. The van der Waals surface area contributed by atoms with Gasteiger partial charge in [0, 0.05) is 12.4 Å². The van der Waals surface area contributed by atoms with Crippen LogP contribution in [0.5, 0.6) is 0 Å². The fourth-order valence-electron chi connectivity index (χ4n) is 1.54. The van der Waals surface area contributed by atoms with Crippen molar-refractivity contribution in [3.8, 4) is 0 Å². The molecular weight excluding hydrogens is 226 g/mol. The smallest absolute Gasteiger partial charge is 0.237 e. The molecule has 1 saturated heterocycles.